The van der Waals surface area contributed by atoms with Gasteiger partial charge in [0.15, 0.2) is 6.10 Å². The van der Waals surface area contributed by atoms with Gasteiger partial charge < -0.3 is 10.1 Å². The monoisotopic (exact) mass is 321 g/mol. The van der Waals surface area contributed by atoms with Gasteiger partial charge in [0.25, 0.3) is 5.91 Å². The minimum atomic E-state index is -0.454. The van der Waals surface area contributed by atoms with Gasteiger partial charge in [-0.25, -0.2) is 0 Å². The minimum absolute atomic E-state index is 0.0297. The lowest BCUT2D eigenvalue weighted by Crippen LogP contribution is -2.37. The topological polar surface area (TPSA) is 38.3 Å². The number of ether oxygens (including phenoxy) is 1. The van der Waals surface area contributed by atoms with Crippen molar-refractivity contribution in [1.82, 2.24) is 5.32 Å². The first kappa shape index (κ1) is 17.2. The summed E-state index contributed by atoms with van der Waals surface area (Å²) in [6.07, 6.45) is 5.86. The smallest absolute Gasteiger partial charge is 0.260 e. The Morgan fingerprint density at radius 1 is 1.36 bits per heavy atom. The molecule has 0 radical (unpaired) electrons. The second kappa shape index (κ2) is 9.09. The molecule has 0 saturated heterocycles. The standard InChI is InChI=1S/C18H27NO2S/c1-3-15-8-4-7-11-17(15)21-14(2)18(20)19-12-13-22-16-9-5-6-10-16/h4,7-8,11,14,16H,3,5-6,9-10,12-13H2,1-2H3,(H,19,20)/t14-/m0/s1. The van der Waals surface area contributed by atoms with E-state index in [0.717, 1.165) is 35.3 Å². The summed E-state index contributed by atoms with van der Waals surface area (Å²) in [7, 11) is 0. The average molecular weight is 321 g/mol. The number of hydrogen-bond donors (Lipinski definition) is 1. The van der Waals surface area contributed by atoms with Crippen molar-refractivity contribution in [2.75, 3.05) is 12.3 Å². The molecule has 0 aromatic heterocycles. The van der Waals surface area contributed by atoms with Crippen LogP contribution < -0.4 is 10.1 Å². The van der Waals surface area contributed by atoms with Gasteiger partial charge in [-0.3, -0.25) is 4.79 Å². The lowest BCUT2D eigenvalue weighted by molar-refractivity contribution is -0.127. The highest BCUT2D eigenvalue weighted by Crippen LogP contribution is 2.28. The van der Waals surface area contributed by atoms with E-state index in [9.17, 15) is 4.79 Å². The summed E-state index contributed by atoms with van der Waals surface area (Å²) in [5.74, 6) is 1.78. The lowest BCUT2D eigenvalue weighted by Gasteiger charge is -2.17. The van der Waals surface area contributed by atoms with E-state index in [1.54, 1.807) is 0 Å². The highest BCUT2D eigenvalue weighted by atomic mass is 32.2. The number of para-hydroxylation sites is 1. The van der Waals surface area contributed by atoms with Gasteiger partial charge in [0.05, 0.1) is 0 Å². The van der Waals surface area contributed by atoms with Crippen LogP contribution in [0.1, 0.15) is 45.1 Å². The van der Waals surface area contributed by atoms with E-state index in [2.05, 4.69) is 12.2 Å². The summed E-state index contributed by atoms with van der Waals surface area (Å²) in [4.78, 5) is 12.1. The highest BCUT2D eigenvalue weighted by molar-refractivity contribution is 7.99. The van der Waals surface area contributed by atoms with Gasteiger partial charge in [-0.2, -0.15) is 11.8 Å². The van der Waals surface area contributed by atoms with Crippen LogP contribution in [0, 0.1) is 0 Å². The molecule has 1 fully saturated rings. The zero-order valence-electron chi connectivity index (χ0n) is 13.6. The third-order valence-corrected chi connectivity index (χ3v) is 5.47. The van der Waals surface area contributed by atoms with E-state index in [0.29, 0.717) is 0 Å². The molecule has 0 heterocycles. The molecule has 22 heavy (non-hydrogen) atoms. The van der Waals surface area contributed by atoms with Crippen LogP contribution in [-0.2, 0) is 11.2 Å². The maximum atomic E-state index is 12.1. The molecule has 122 valence electrons. The SMILES string of the molecule is CCc1ccccc1O[C@@H](C)C(=O)NCCSC1CCCC1. The second-order valence-electron chi connectivity index (χ2n) is 5.79. The fraction of sp³-hybridized carbons (Fsp3) is 0.611. The first-order valence-corrected chi connectivity index (χ1v) is 9.39. The highest BCUT2D eigenvalue weighted by Gasteiger charge is 2.17. The van der Waals surface area contributed by atoms with Crippen molar-refractivity contribution in [3.05, 3.63) is 29.8 Å². The average Bonchev–Trinajstić information content (AvgIpc) is 3.05. The van der Waals surface area contributed by atoms with Crippen LogP contribution in [0.15, 0.2) is 24.3 Å². The van der Waals surface area contributed by atoms with E-state index in [1.165, 1.54) is 25.7 Å². The van der Waals surface area contributed by atoms with E-state index in [4.69, 9.17) is 4.74 Å². The Hall–Kier alpha value is -1.16. The zero-order valence-corrected chi connectivity index (χ0v) is 14.5. The third kappa shape index (κ3) is 5.24. The molecule has 1 aromatic rings. The number of carbonyl (C=O) groups excluding carboxylic acids is 1. The summed E-state index contributed by atoms with van der Waals surface area (Å²) in [6, 6.07) is 7.91. The van der Waals surface area contributed by atoms with E-state index < -0.39 is 6.10 Å². The number of benzene rings is 1. The van der Waals surface area contributed by atoms with Gasteiger partial charge in [-0.1, -0.05) is 38.0 Å². The molecule has 4 heteroatoms. The van der Waals surface area contributed by atoms with Crippen molar-refractivity contribution in [2.45, 2.75) is 57.3 Å². The molecule has 0 unspecified atom stereocenters. The number of nitrogens with one attached hydrogen (secondary N) is 1. The Morgan fingerprint density at radius 3 is 2.82 bits per heavy atom. The van der Waals surface area contributed by atoms with Gasteiger partial charge in [0, 0.05) is 17.5 Å². The van der Waals surface area contributed by atoms with Crippen molar-refractivity contribution in [2.24, 2.45) is 0 Å². The Labute approximate surface area is 138 Å². The van der Waals surface area contributed by atoms with Crippen molar-refractivity contribution >= 4 is 17.7 Å². The molecule has 3 nitrogen and oxygen atoms in total. The van der Waals surface area contributed by atoms with Crippen LogP contribution in [-0.4, -0.2) is 29.6 Å². The number of carbonyl (C=O) groups is 1. The molecule has 1 aliphatic rings. The Morgan fingerprint density at radius 2 is 2.09 bits per heavy atom. The van der Waals surface area contributed by atoms with E-state index in [-0.39, 0.29) is 5.91 Å². The maximum absolute atomic E-state index is 12.1. The van der Waals surface area contributed by atoms with Gasteiger partial charge in [0.1, 0.15) is 5.75 Å². The van der Waals surface area contributed by atoms with Gasteiger partial charge in [-0.15, -0.1) is 0 Å². The molecule has 0 spiro atoms. The number of hydrogen-bond acceptors (Lipinski definition) is 3. The molecular formula is C18H27NO2S. The van der Waals surface area contributed by atoms with E-state index in [1.807, 2.05) is 43.0 Å². The lowest BCUT2D eigenvalue weighted by atomic mass is 10.1. The first-order valence-electron chi connectivity index (χ1n) is 8.34. The van der Waals surface area contributed by atoms with Gasteiger partial charge >= 0.3 is 0 Å². The molecular weight excluding hydrogens is 294 g/mol. The Kier molecular flexibility index (Phi) is 7.10. The largest absolute Gasteiger partial charge is 0.481 e. The molecule has 1 N–H and O–H groups in total. The van der Waals surface area contributed by atoms with Crippen molar-refractivity contribution < 1.29 is 9.53 Å². The summed E-state index contributed by atoms with van der Waals surface area (Å²) in [5.41, 5.74) is 1.14. The van der Waals surface area contributed by atoms with Crippen LogP contribution in [0.3, 0.4) is 0 Å². The van der Waals surface area contributed by atoms with Crippen molar-refractivity contribution in [3.8, 4) is 5.75 Å². The Bertz CT molecular complexity index is 472. The number of thioether (sulfide) groups is 1. The predicted molar refractivity (Wildman–Crippen MR) is 93.6 cm³/mol. The molecule has 1 saturated carbocycles. The number of amides is 1. The number of rotatable bonds is 8. The third-order valence-electron chi connectivity index (χ3n) is 4.08. The van der Waals surface area contributed by atoms with Gasteiger partial charge in [-0.05, 0) is 37.8 Å². The summed E-state index contributed by atoms with van der Waals surface area (Å²) >= 11 is 1.99. The normalized spacial score (nSPS) is 16.5. The maximum Gasteiger partial charge on any atom is 0.260 e. The van der Waals surface area contributed by atoms with Crippen LogP contribution in [0.25, 0.3) is 0 Å². The fourth-order valence-corrected chi connectivity index (χ4v) is 3.97. The van der Waals surface area contributed by atoms with E-state index >= 15 is 0 Å². The van der Waals surface area contributed by atoms with Crippen LogP contribution >= 0.6 is 11.8 Å². The molecule has 1 aliphatic carbocycles. The fourth-order valence-electron chi connectivity index (χ4n) is 2.75. The molecule has 0 aliphatic heterocycles. The molecule has 1 atom stereocenters. The summed E-state index contributed by atoms with van der Waals surface area (Å²) < 4.78 is 5.81. The van der Waals surface area contributed by atoms with Crippen LogP contribution in [0.4, 0.5) is 0 Å². The van der Waals surface area contributed by atoms with Crippen molar-refractivity contribution in [3.63, 3.8) is 0 Å². The van der Waals surface area contributed by atoms with Crippen LogP contribution in [0.2, 0.25) is 0 Å². The van der Waals surface area contributed by atoms with Crippen molar-refractivity contribution in [1.29, 1.82) is 0 Å². The predicted octanol–water partition coefficient (Wildman–Crippen LogP) is 3.81. The molecule has 1 amide bonds. The van der Waals surface area contributed by atoms with Crippen LogP contribution in [0.5, 0.6) is 5.75 Å². The Balaban J connectivity index is 1.70. The molecule has 1 aromatic carbocycles. The zero-order chi connectivity index (χ0) is 15.8. The van der Waals surface area contributed by atoms with Gasteiger partial charge in [0.2, 0.25) is 0 Å². The molecule has 0 bridgehead atoms. The first-order chi connectivity index (χ1) is 10.7. The summed E-state index contributed by atoms with van der Waals surface area (Å²) in [5, 5.41) is 3.79. The molecule has 2 rings (SSSR count). The minimum Gasteiger partial charge on any atom is -0.481 e. The quantitative estimate of drug-likeness (QED) is 0.740. The second-order valence-corrected chi connectivity index (χ2v) is 7.20. The summed E-state index contributed by atoms with van der Waals surface area (Å²) in [6.45, 7) is 4.63. The number of aryl methyl sites for hydroxylation is 1.